The maximum Gasteiger partial charge on any atom is 0.265 e. The van der Waals surface area contributed by atoms with Crippen molar-refractivity contribution in [2.45, 2.75) is 26.9 Å². The fourth-order valence-electron chi connectivity index (χ4n) is 2.89. The van der Waals surface area contributed by atoms with Crippen molar-refractivity contribution in [3.05, 3.63) is 82.9 Å². The first-order valence-electron chi connectivity index (χ1n) is 10.1. The van der Waals surface area contributed by atoms with Crippen molar-refractivity contribution in [1.82, 2.24) is 0 Å². The number of carbonyl (C=O) groups is 2. The lowest BCUT2D eigenvalue weighted by Crippen LogP contribution is -2.30. The molecular weight excluding hydrogens is 428 g/mol. The predicted octanol–water partition coefficient (Wildman–Crippen LogP) is 5.38. The summed E-state index contributed by atoms with van der Waals surface area (Å²) in [4.78, 5) is 24.6. The van der Waals surface area contributed by atoms with E-state index in [1.54, 1.807) is 55.5 Å². The highest BCUT2D eigenvalue weighted by Gasteiger charge is 2.16. The Kier molecular flexibility index (Phi) is 7.73. The third-order valence-corrected chi connectivity index (χ3v) is 5.17. The van der Waals surface area contributed by atoms with Gasteiger partial charge >= 0.3 is 0 Å². The molecule has 1 atom stereocenters. The predicted molar refractivity (Wildman–Crippen MR) is 127 cm³/mol. The zero-order chi connectivity index (χ0) is 23.1. The third kappa shape index (κ3) is 6.25. The number of ether oxygens (including phenoxy) is 2. The topological polar surface area (TPSA) is 76.7 Å². The number of nitrogens with one attached hydrogen (secondary N) is 2. The molecule has 32 heavy (non-hydrogen) atoms. The van der Waals surface area contributed by atoms with Gasteiger partial charge < -0.3 is 20.1 Å². The summed E-state index contributed by atoms with van der Waals surface area (Å²) >= 11 is 6.06. The van der Waals surface area contributed by atoms with E-state index in [0.29, 0.717) is 27.9 Å². The molecule has 0 heterocycles. The Balaban J connectivity index is 1.49. The molecule has 3 aromatic carbocycles. The van der Waals surface area contributed by atoms with Crippen LogP contribution in [0.4, 0.5) is 11.4 Å². The van der Waals surface area contributed by atoms with Crippen LogP contribution < -0.4 is 20.1 Å². The van der Waals surface area contributed by atoms with Crippen LogP contribution in [0.3, 0.4) is 0 Å². The minimum Gasteiger partial charge on any atom is -0.483 e. The van der Waals surface area contributed by atoms with Gasteiger partial charge in [-0.2, -0.15) is 0 Å². The van der Waals surface area contributed by atoms with Gasteiger partial charge in [0.2, 0.25) is 0 Å². The summed E-state index contributed by atoms with van der Waals surface area (Å²) in [5, 5.41) is 5.99. The van der Waals surface area contributed by atoms with Crippen molar-refractivity contribution >= 4 is 34.8 Å². The Morgan fingerprint density at radius 3 is 2.19 bits per heavy atom. The summed E-state index contributed by atoms with van der Waals surface area (Å²) in [5.41, 5.74) is 3.28. The number of carbonyl (C=O) groups excluding carboxylic acids is 2. The molecule has 0 aromatic heterocycles. The summed E-state index contributed by atoms with van der Waals surface area (Å²) in [5.74, 6) is 0.539. The van der Waals surface area contributed by atoms with E-state index in [9.17, 15) is 9.59 Å². The van der Waals surface area contributed by atoms with Gasteiger partial charge in [0.25, 0.3) is 11.8 Å². The molecule has 0 aliphatic rings. The summed E-state index contributed by atoms with van der Waals surface area (Å²) < 4.78 is 11.2. The molecular formula is C25H25ClN2O4. The smallest absolute Gasteiger partial charge is 0.265 e. The number of hydrogen-bond donors (Lipinski definition) is 2. The van der Waals surface area contributed by atoms with Gasteiger partial charge in [0.15, 0.2) is 12.7 Å². The molecule has 7 heteroatoms. The minimum atomic E-state index is -0.739. The fraction of sp³-hybridized carbons (Fsp3) is 0.200. The summed E-state index contributed by atoms with van der Waals surface area (Å²) in [7, 11) is 0. The lowest BCUT2D eigenvalue weighted by atomic mass is 10.1. The lowest BCUT2D eigenvalue weighted by Gasteiger charge is -2.16. The van der Waals surface area contributed by atoms with Crippen LogP contribution in [0.5, 0.6) is 11.5 Å². The van der Waals surface area contributed by atoms with E-state index in [1.807, 2.05) is 32.0 Å². The van der Waals surface area contributed by atoms with Crippen molar-refractivity contribution in [2.24, 2.45) is 0 Å². The molecule has 166 valence electrons. The van der Waals surface area contributed by atoms with Gasteiger partial charge in [-0.25, -0.2) is 0 Å². The van der Waals surface area contributed by atoms with Crippen molar-refractivity contribution in [3.63, 3.8) is 0 Å². The molecule has 3 rings (SSSR count). The normalized spacial score (nSPS) is 11.4. The number of aryl methyl sites for hydroxylation is 1. The molecule has 0 radical (unpaired) electrons. The Bertz CT molecular complexity index is 1100. The molecule has 0 saturated carbocycles. The van der Waals surface area contributed by atoms with E-state index in [4.69, 9.17) is 21.1 Å². The summed E-state index contributed by atoms with van der Waals surface area (Å²) in [6.07, 6.45) is -0.739. The highest BCUT2D eigenvalue weighted by atomic mass is 35.5. The Morgan fingerprint density at radius 2 is 1.50 bits per heavy atom. The van der Waals surface area contributed by atoms with E-state index >= 15 is 0 Å². The molecule has 2 amide bonds. The molecule has 0 fully saturated rings. The van der Waals surface area contributed by atoms with Gasteiger partial charge in [-0.1, -0.05) is 35.9 Å². The van der Waals surface area contributed by atoms with Crippen LogP contribution >= 0.6 is 11.6 Å². The van der Waals surface area contributed by atoms with Gasteiger partial charge in [-0.3, -0.25) is 9.59 Å². The highest BCUT2D eigenvalue weighted by molar-refractivity contribution is 6.32. The average molecular weight is 453 g/mol. The van der Waals surface area contributed by atoms with Crippen molar-refractivity contribution in [3.8, 4) is 11.5 Å². The number of hydrogen-bond acceptors (Lipinski definition) is 4. The molecule has 1 unspecified atom stereocenters. The molecule has 2 N–H and O–H groups in total. The van der Waals surface area contributed by atoms with Crippen LogP contribution in [-0.2, 0) is 9.59 Å². The SMILES string of the molecule is Cc1cccc(OCC(=O)Nc2ccc(NC(=O)C(C)Oc3ccccc3Cl)cc2)c1C. The first-order chi connectivity index (χ1) is 15.3. The van der Waals surface area contributed by atoms with Crippen molar-refractivity contribution < 1.29 is 19.1 Å². The summed E-state index contributed by atoms with van der Waals surface area (Å²) in [6, 6.07) is 19.5. The van der Waals surface area contributed by atoms with Crippen LogP contribution in [0.15, 0.2) is 66.7 Å². The number of rotatable bonds is 8. The van der Waals surface area contributed by atoms with Crippen LogP contribution in [-0.4, -0.2) is 24.5 Å². The van der Waals surface area contributed by atoms with E-state index in [2.05, 4.69) is 10.6 Å². The van der Waals surface area contributed by atoms with Crippen molar-refractivity contribution in [1.29, 1.82) is 0 Å². The minimum absolute atomic E-state index is 0.0975. The molecule has 3 aromatic rings. The highest BCUT2D eigenvalue weighted by Crippen LogP contribution is 2.24. The van der Waals surface area contributed by atoms with Crippen molar-refractivity contribution in [2.75, 3.05) is 17.2 Å². The van der Waals surface area contributed by atoms with Gasteiger partial charge in [-0.15, -0.1) is 0 Å². The fourth-order valence-corrected chi connectivity index (χ4v) is 3.07. The van der Waals surface area contributed by atoms with Gasteiger partial charge in [-0.05, 0) is 74.4 Å². The zero-order valence-corrected chi connectivity index (χ0v) is 18.9. The zero-order valence-electron chi connectivity index (χ0n) is 18.1. The van der Waals surface area contributed by atoms with Crippen LogP contribution in [0.1, 0.15) is 18.1 Å². The Labute approximate surface area is 192 Å². The molecule has 0 spiro atoms. The van der Waals surface area contributed by atoms with E-state index in [1.165, 1.54) is 0 Å². The molecule has 0 bridgehead atoms. The largest absolute Gasteiger partial charge is 0.483 e. The van der Waals surface area contributed by atoms with Gasteiger partial charge in [0, 0.05) is 11.4 Å². The monoisotopic (exact) mass is 452 g/mol. The first kappa shape index (κ1) is 23.2. The number of halogens is 1. The first-order valence-corrected chi connectivity index (χ1v) is 10.5. The summed E-state index contributed by atoms with van der Waals surface area (Å²) in [6.45, 7) is 5.49. The molecule has 6 nitrogen and oxygen atoms in total. The van der Waals surface area contributed by atoms with Gasteiger partial charge in [0.05, 0.1) is 5.02 Å². The van der Waals surface area contributed by atoms with Crippen LogP contribution in [0, 0.1) is 13.8 Å². The average Bonchev–Trinajstić information content (AvgIpc) is 2.77. The molecule has 0 saturated heterocycles. The number of amides is 2. The maximum absolute atomic E-state index is 12.4. The number of para-hydroxylation sites is 1. The lowest BCUT2D eigenvalue weighted by molar-refractivity contribution is -0.122. The maximum atomic E-state index is 12.4. The third-order valence-electron chi connectivity index (χ3n) is 4.86. The quantitative estimate of drug-likeness (QED) is 0.481. The van der Waals surface area contributed by atoms with E-state index in [0.717, 1.165) is 11.1 Å². The Hall–Kier alpha value is -3.51. The van der Waals surface area contributed by atoms with Crippen LogP contribution in [0.25, 0.3) is 0 Å². The van der Waals surface area contributed by atoms with E-state index in [-0.39, 0.29) is 18.4 Å². The number of benzene rings is 3. The second-order valence-electron chi connectivity index (χ2n) is 7.29. The van der Waals surface area contributed by atoms with Gasteiger partial charge in [0.1, 0.15) is 11.5 Å². The van der Waals surface area contributed by atoms with Crippen LogP contribution in [0.2, 0.25) is 5.02 Å². The number of anilines is 2. The second kappa shape index (κ2) is 10.7. The second-order valence-corrected chi connectivity index (χ2v) is 7.70. The Morgan fingerprint density at radius 1 is 0.875 bits per heavy atom. The molecule has 0 aliphatic carbocycles. The molecule has 0 aliphatic heterocycles. The van der Waals surface area contributed by atoms with E-state index < -0.39 is 6.10 Å². The standard InChI is InChI=1S/C25H25ClN2O4/c1-16-7-6-10-22(17(16)2)31-15-24(29)27-19-11-13-20(14-12-19)28-25(30)18(3)32-23-9-5-4-8-21(23)26/h4-14,18H,15H2,1-3H3,(H,27,29)(H,28,30).